The van der Waals surface area contributed by atoms with Gasteiger partial charge in [0, 0.05) is 47.4 Å². The van der Waals surface area contributed by atoms with E-state index in [2.05, 4.69) is 5.32 Å². The van der Waals surface area contributed by atoms with Gasteiger partial charge in [-0.3, -0.25) is 14.4 Å². The van der Waals surface area contributed by atoms with E-state index < -0.39 is 11.6 Å². The minimum atomic E-state index is -0.732. The van der Waals surface area contributed by atoms with Crippen molar-refractivity contribution in [1.82, 2.24) is 10.2 Å². The molecule has 0 saturated heterocycles. The van der Waals surface area contributed by atoms with E-state index in [-0.39, 0.29) is 30.7 Å². The molecule has 1 aliphatic rings. The summed E-state index contributed by atoms with van der Waals surface area (Å²) in [5, 5.41) is 5.64. The van der Waals surface area contributed by atoms with Gasteiger partial charge in [-0.2, -0.15) is 0 Å². The van der Waals surface area contributed by atoms with E-state index in [4.69, 9.17) is 11.6 Å². The smallest absolute Gasteiger partial charge is 0.258 e. The van der Waals surface area contributed by atoms with Crippen LogP contribution in [0.4, 0.5) is 5.69 Å². The summed E-state index contributed by atoms with van der Waals surface area (Å²) >= 11 is 6.29. The molecule has 0 unspecified atom stereocenters. The van der Waals surface area contributed by atoms with Crippen LogP contribution in [0.3, 0.4) is 0 Å². The van der Waals surface area contributed by atoms with Crippen molar-refractivity contribution in [3.05, 3.63) is 113 Å². The molecule has 0 fully saturated rings. The van der Waals surface area contributed by atoms with Crippen LogP contribution in [0.1, 0.15) is 55.1 Å². The monoisotopic (exact) mass is 581 g/mol. The lowest BCUT2D eigenvalue weighted by Crippen LogP contribution is -2.54. The Morgan fingerprint density at radius 2 is 1.60 bits per heavy atom. The Morgan fingerprint density at radius 3 is 2.31 bits per heavy atom. The van der Waals surface area contributed by atoms with Crippen LogP contribution in [0.15, 0.2) is 91.0 Å². The Labute approximate surface area is 252 Å². The maximum absolute atomic E-state index is 14.0. The van der Waals surface area contributed by atoms with Gasteiger partial charge < -0.3 is 15.1 Å². The van der Waals surface area contributed by atoms with Gasteiger partial charge in [0.1, 0.15) is 6.04 Å². The van der Waals surface area contributed by atoms with Gasteiger partial charge in [0.2, 0.25) is 11.8 Å². The largest absolute Gasteiger partial charge is 0.350 e. The zero-order valence-electron chi connectivity index (χ0n) is 24.3. The van der Waals surface area contributed by atoms with Crippen LogP contribution in [0, 0.1) is 0 Å². The fourth-order valence-electron chi connectivity index (χ4n) is 5.57. The van der Waals surface area contributed by atoms with Crippen LogP contribution < -0.4 is 10.2 Å². The molecular formula is C35H36ClN3O3. The first-order valence-electron chi connectivity index (χ1n) is 14.3. The van der Waals surface area contributed by atoms with Crippen LogP contribution in [0.25, 0.3) is 10.8 Å². The SMILES string of the molecule is CC(C)(C)NC(=O)[C@H](Cc1ccccc1)N(Cc1cccc(Cl)c1)C(=O)CCCN1C(=O)c2cccc3cccc1c23. The average Bonchev–Trinajstić information content (AvgIpc) is 3.22. The molecule has 6 nitrogen and oxygen atoms in total. The first-order chi connectivity index (χ1) is 20.1. The van der Waals surface area contributed by atoms with Crippen molar-refractivity contribution >= 4 is 45.8 Å². The van der Waals surface area contributed by atoms with E-state index in [1.165, 1.54) is 0 Å². The van der Waals surface area contributed by atoms with Gasteiger partial charge in [-0.1, -0.05) is 78.3 Å². The highest BCUT2D eigenvalue weighted by molar-refractivity contribution is 6.30. The summed E-state index contributed by atoms with van der Waals surface area (Å²) in [6, 6.07) is 28.0. The van der Waals surface area contributed by atoms with Crippen molar-refractivity contribution in [2.24, 2.45) is 0 Å². The van der Waals surface area contributed by atoms with Gasteiger partial charge >= 0.3 is 0 Å². The van der Waals surface area contributed by atoms with Crippen molar-refractivity contribution in [2.45, 2.75) is 58.2 Å². The molecule has 0 radical (unpaired) electrons. The van der Waals surface area contributed by atoms with Crippen LogP contribution in [0.2, 0.25) is 5.02 Å². The third-order valence-electron chi connectivity index (χ3n) is 7.43. The summed E-state index contributed by atoms with van der Waals surface area (Å²) in [6.07, 6.45) is 1.02. The molecule has 4 aromatic rings. The number of benzene rings is 4. The zero-order valence-corrected chi connectivity index (χ0v) is 25.0. The number of anilines is 1. The molecule has 0 aliphatic carbocycles. The quantitative estimate of drug-likeness (QED) is 0.224. The molecule has 1 N–H and O–H groups in total. The summed E-state index contributed by atoms with van der Waals surface area (Å²) in [5.74, 6) is -0.405. The fourth-order valence-corrected chi connectivity index (χ4v) is 5.78. The van der Waals surface area contributed by atoms with Crippen molar-refractivity contribution in [1.29, 1.82) is 0 Å². The first-order valence-corrected chi connectivity index (χ1v) is 14.7. The van der Waals surface area contributed by atoms with Crippen LogP contribution in [-0.4, -0.2) is 40.7 Å². The summed E-state index contributed by atoms with van der Waals surface area (Å²) in [4.78, 5) is 44.4. The van der Waals surface area contributed by atoms with Crippen molar-refractivity contribution in [2.75, 3.05) is 11.4 Å². The summed E-state index contributed by atoms with van der Waals surface area (Å²) in [5.41, 5.74) is 2.91. The predicted octanol–water partition coefficient (Wildman–Crippen LogP) is 6.79. The summed E-state index contributed by atoms with van der Waals surface area (Å²) in [6.45, 7) is 6.43. The lowest BCUT2D eigenvalue weighted by Gasteiger charge is -2.34. The number of carbonyl (C=O) groups is 3. The highest BCUT2D eigenvalue weighted by Gasteiger charge is 2.33. The maximum Gasteiger partial charge on any atom is 0.258 e. The number of amides is 3. The van der Waals surface area contributed by atoms with E-state index in [1.807, 2.05) is 106 Å². The number of hydrogen-bond acceptors (Lipinski definition) is 3. The Kier molecular flexibility index (Phi) is 8.64. The fraction of sp³-hybridized carbons (Fsp3) is 0.286. The number of rotatable bonds is 10. The normalized spacial score (nSPS) is 13.3. The number of carbonyl (C=O) groups excluding carboxylic acids is 3. The molecule has 0 saturated carbocycles. The zero-order chi connectivity index (χ0) is 29.9. The molecule has 7 heteroatoms. The highest BCUT2D eigenvalue weighted by atomic mass is 35.5. The molecule has 0 bridgehead atoms. The number of hydrogen-bond donors (Lipinski definition) is 1. The third-order valence-corrected chi connectivity index (χ3v) is 7.67. The molecule has 3 amide bonds. The Morgan fingerprint density at radius 1 is 0.905 bits per heavy atom. The lowest BCUT2D eigenvalue weighted by atomic mass is 10.00. The molecule has 0 aromatic heterocycles. The average molecular weight is 582 g/mol. The molecular weight excluding hydrogens is 546 g/mol. The molecule has 42 heavy (non-hydrogen) atoms. The van der Waals surface area contributed by atoms with E-state index in [0.29, 0.717) is 30.0 Å². The Balaban J connectivity index is 1.39. The molecule has 1 aliphatic heterocycles. The van der Waals surface area contributed by atoms with Gasteiger partial charge in [-0.25, -0.2) is 0 Å². The second-order valence-corrected chi connectivity index (χ2v) is 12.3. The van der Waals surface area contributed by atoms with Crippen LogP contribution in [-0.2, 0) is 22.6 Å². The van der Waals surface area contributed by atoms with Crippen molar-refractivity contribution < 1.29 is 14.4 Å². The number of nitrogens with one attached hydrogen (secondary N) is 1. The second-order valence-electron chi connectivity index (χ2n) is 11.8. The number of nitrogens with zero attached hydrogens (tertiary/aromatic N) is 2. The molecule has 4 aromatic carbocycles. The standard InChI is InChI=1S/C35H36ClN3O3/c1-35(2,3)37-33(41)30(22-24-11-5-4-6-12-24)39(23-25-13-7-16-27(36)21-25)31(40)19-10-20-38-29-18-9-15-26-14-8-17-28(32(26)29)34(38)42/h4-9,11-18,21,30H,10,19-20,22-23H2,1-3H3,(H,37,41)/t30-/m0/s1. The predicted molar refractivity (Wildman–Crippen MR) is 169 cm³/mol. The maximum atomic E-state index is 14.0. The van der Waals surface area contributed by atoms with E-state index in [1.54, 1.807) is 15.9 Å². The van der Waals surface area contributed by atoms with E-state index >= 15 is 0 Å². The molecule has 1 atom stereocenters. The van der Waals surface area contributed by atoms with Gasteiger partial charge in [-0.05, 0) is 68.0 Å². The first kappa shape index (κ1) is 29.3. The van der Waals surface area contributed by atoms with Crippen LogP contribution >= 0.6 is 11.6 Å². The minimum Gasteiger partial charge on any atom is -0.350 e. The second kappa shape index (κ2) is 12.4. The van der Waals surface area contributed by atoms with E-state index in [0.717, 1.165) is 27.6 Å². The topological polar surface area (TPSA) is 69.7 Å². The molecule has 216 valence electrons. The molecule has 1 heterocycles. The molecule has 5 rings (SSSR count). The third kappa shape index (κ3) is 6.66. The van der Waals surface area contributed by atoms with Gasteiger partial charge in [0.05, 0.1) is 5.69 Å². The van der Waals surface area contributed by atoms with E-state index in [9.17, 15) is 14.4 Å². The van der Waals surface area contributed by atoms with Gasteiger partial charge in [-0.15, -0.1) is 0 Å². The number of halogens is 1. The summed E-state index contributed by atoms with van der Waals surface area (Å²) < 4.78 is 0. The van der Waals surface area contributed by atoms with Crippen molar-refractivity contribution in [3.63, 3.8) is 0 Å². The Hall–Kier alpha value is -4.16. The Bertz CT molecular complexity index is 1610. The summed E-state index contributed by atoms with van der Waals surface area (Å²) in [7, 11) is 0. The minimum absolute atomic E-state index is 0.0449. The highest BCUT2D eigenvalue weighted by Crippen LogP contribution is 2.37. The van der Waals surface area contributed by atoms with Crippen molar-refractivity contribution in [3.8, 4) is 0 Å². The lowest BCUT2D eigenvalue weighted by molar-refractivity contribution is -0.142. The van der Waals surface area contributed by atoms with Crippen LogP contribution in [0.5, 0.6) is 0 Å². The van der Waals surface area contributed by atoms with Gasteiger partial charge in [0.15, 0.2) is 0 Å². The van der Waals surface area contributed by atoms with Gasteiger partial charge in [0.25, 0.3) is 5.91 Å². The molecule has 0 spiro atoms.